The molecule has 11 heteroatoms. The van der Waals surface area contributed by atoms with Gasteiger partial charge < -0.3 is 15.4 Å². The highest BCUT2D eigenvalue weighted by Crippen LogP contribution is 2.26. The molecule has 0 heterocycles. The third-order valence-electron chi connectivity index (χ3n) is 6.68. The second-order valence-electron chi connectivity index (χ2n) is 10.1. The number of halogens is 5. The average molecular weight is 623 g/mol. The van der Waals surface area contributed by atoms with Crippen LogP contribution in [0.5, 0.6) is 5.75 Å². The smallest absolute Gasteiger partial charge is 0.452 e. The van der Waals surface area contributed by atoms with E-state index in [2.05, 4.69) is 10.6 Å². The van der Waals surface area contributed by atoms with Crippen LogP contribution in [0.1, 0.15) is 36.5 Å². The Labute approximate surface area is 252 Å². The largest absolute Gasteiger partial charge is 0.497 e. The fraction of sp³-hybridized carbons (Fsp3) is 0.323. The number of alkyl halides is 3. The first-order valence-electron chi connectivity index (χ1n) is 13.1. The van der Waals surface area contributed by atoms with Crippen LogP contribution in [0.3, 0.4) is 0 Å². The van der Waals surface area contributed by atoms with E-state index in [1.165, 1.54) is 21.0 Å². The quantitative estimate of drug-likeness (QED) is 0.247. The topological polar surface area (TPSA) is 84.5 Å². The molecule has 0 spiro atoms. The van der Waals surface area contributed by atoms with Crippen molar-refractivity contribution in [3.05, 3.63) is 99.5 Å². The van der Waals surface area contributed by atoms with Crippen molar-refractivity contribution in [3.8, 4) is 5.75 Å². The fourth-order valence-electron chi connectivity index (χ4n) is 4.40. The minimum atomic E-state index is -5.15. The first-order chi connectivity index (χ1) is 19.8. The Kier molecular flexibility index (Phi) is 11.4. The van der Waals surface area contributed by atoms with Gasteiger partial charge in [0, 0.05) is 16.5 Å². The lowest BCUT2D eigenvalue weighted by Gasteiger charge is -2.27. The number of amides is 2. The molecular weight excluding hydrogens is 592 g/mol. The second-order valence-corrected chi connectivity index (χ2v) is 11.0. The number of ether oxygens (including phenoxy) is 1. The summed E-state index contributed by atoms with van der Waals surface area (Å²) in [7, 11) is 1.54. The minimum Gasteiger partial charge on any atom is -0.497 e. The number of nitrogens with one attached hydrogen (secondary N) is 2. The van der Waals surface area contributed by atoms with Crippen LogP contribution in [-0.4, -0.2) is 43.0 Å². The van der Waals surface area contributed by atoms with Crippen LogP contribution in [0.4, 0.5) is 13.2 Å². The predicted octanol–water partition coefficient (Wildman–Crippen LogP) is 6.33. The van der Waals surface area contributed by atoms with Crippen molar-refractivity contribution in [1.82, 2.24) is 10.6 Å². The second kappa shape index (κ2) is 14.6. The molecule has 0 saturated heterocycles. The lowest BCUT2D eigenvalue weighted by Crippen LogP contribution is -2.56. The molecule has 2 amide bonds. The Bertz CT molecular complexity index is 1380. The molecule has 3 aromatic carbocycles. The predicted molar refractivity (Wildman–Crippen MR) is 156 cm³/mol. The first kappa shape index (κ1) is 32.9. The molecule has 0 fully saturated rings. The van der Waals surface area contributed by atoms with Gasteiger partial charge in [-0.05, 0) is 65.4 Å². The lowest BCUT2D eigenvalue weighted by atomic mass is 9.90. The van der Waals surface area contributed by atoms with E-state index >= 15 is 0 Å². The SMILES string of the molecule is COc1ccc(CC(C(=O)N[C@@H](Cc2cccc(Cl)c2)C(=O)N[C@H](C(=O)C(F)(F)F)C(C)C)c2ccc(Cl)cc2)cc1. The number of rotatable bonds is 12. The lowest BCUT2D eigenvalue weighted by molar-refractivity contribution is -0.175. The summed E-state index contributed by atoms with van der Waals surface area (Å²) in [5, 5.41) is 5.79. The third kappa shape index (κ3) is 9.22. The summed E-state index contributed by atoms with van der Waals surface area (Å²) in [6.45, 7) is 2.79. The van der Waals surface area contributed by atoms with E-state index in [1.807, 2.05) is 0 Å². The highest BCUT2D eigenvalue weighted by atomic mass is 35.5. The van der Waals surface area contributed by atoms with Gasteiger partial charge in [0.15, 0.2) is 0 Å². The Balaban J connectivity index is 1.95. The molecule has 0 aliphatic heterocycles. The zero-order valence-corrected chi connectivity index (χ0v) is 24.7. The summed E-state index contributed by atoms with van der Waals surface area (Å²) in [6.07, 6.45) is -4.99. The number of carbonyl (C=O) groups excluding carboxylic acids is 3. The number of Topliss-reactive ketones (excluding diaryl/α,β-unsaturated/α-hetero) is 1. The molecule has 2 N–H and O–H groups in total. The summed E-state index contributed by atoms with van der Waals surface area (Å²) in [6, 6.07) is 17.2. The van der Waals surface area contributed by atoms with Gasteiger partial charge in [-0.1, -0.05) is 73.4 Å². The van der Waals surface area contributed by atoms with E-state index in [0.29, 0.717) is 26.9 Å². The van der Waals surface area contributed by atoms with Gasteiger partial charge in [-0.3, -0.25) is 14.4 Å². The maximum atomic E-state index is 13.8. The molecule has 3 atom stereocenters. The molecule has 0 saturated carbocycles. The van der Waals surface area contributed by atoms with Crippen molar-refractivity contribution in [2.45, 2.75) is 50.9 Å². The maximum absolute atomic E-state index is 13.8. The highest BCUT2D eigenvalue weighted by molar-refractivity contribution is 6.30. The summed E-state index contributed by atoms with van der Waals surface area (Å²) in [5.41, 5.74) is 1.98. The molecular formula is C31H31Cl2F3N2O4. The molecule has 0 aromatic heterocycles. The van der Waals surface area contributed by atoms with Gasteiger partial charge in [0.1, 0.15) is 11.8 Å². The van der Waals surface area contributed by atoms with Crippen LogP contribution in [-0.2, 0) is 27.2 Å². The number of benzene rings is 3. The molecule has 3 aromatic rings. The first-order valence-corrected chi connectivity index (χ1v) is 13.9. The van der Waals surface area contributed by atoms with Gasteiger partial charge in [-0.2, -0.15) is 13.2 Å². The van der Waals surface area contributed by atoms with Crippen molar-refractivity contribution >= 4 is 40.8 Å². The zero-order valence-electron chi connectivity index (χ0n) is 23.2. The van der Waals surface area contributed by atoms with Crippen LogP contribution in [0.15, 0.2) is 72.8 Å². The van der Waals surface area contributed by atoms with Crippen molar-refractivity contribution in [3.63, 3.8) is 0 Å². The van der Waals surface area contributed by atoms with Crippen molar-refractivity contribution in [2.24, 2.45) is 5.92 Å². The van der Waals surface area contributed by atoms with Gasteiger partial charge >= 0.3 is 6.18 Å². The molecule has 3 rings (SSSR count). The monoisotopic (exact) mass is 622 g/mol. The Morgan fingerprint density at radius 2 is 1.45 bits per heavy atom. The summed E-state index contributed by atoms with van der Waals surface area (Å²) in [4.78, 5) is 39.4. The molecule has 0 bridgehead atoms. The van der Waals surface area contributed by atoms with Gasteiger partial charge in [0.05, 0.1) is 19.1 Å². The number of ketones is 1. The Hall–Kier alpha value is -3.56. The molecule has 42 heavy (non-hydrogen) atoms. The molecule has 0 aliphatic rings. The zero-order chi connectivity index (χ0) is 31.0. The summed E-state index contributed by atoms with van der Waals surface area (Å²) >= 11 is 12.2. The molecule has 6 nitrogen and oxygen atoms in total. The van der Waals surface area contributed by atoms with E-state index in [9.17, 15) is 27.6 Å². The van der Waals surface area contributed by atoms with Crippen LogP contribution in [0.25, 0.3) is 0 Å². The van der Waals surface area contributed by atoms with Crippen molar-refractivity contribution < 1.29 is 32.3 Å². The van der Waals surface area contributed by atoms with Crippen LogP contribution < -0.4 is 15.4 Å². The molecule has 0 aliphatic carbocycles. The van der Waals surface area contributed by atoms with Crippen LogP contribution in [0.2, 0.25) is 10.0 Å². The van der Waals surface area contributed by atoms with E-state index in [4.69, 9.17) is 27.9 Å². The van der Waals surface area contributed by atoms with Gasteiger partial charge in [0.2, 0.25) is 11.8 Å². The Morgan fingerprint density at radius 3 is 2.00 bits per heavy atom. The number of methoxy groups -OCH3 is 1. The molecule has 1 unspecified atom stereocenters. The van der Waals surface area contributed by atoms with Gasteiger partial charge in [-0.25, -0.2) is 0 Å². The van der Waals surface area contributed by atoms with E-state index in [1.54, 1.807) is 72.8 Å². The average Bonchev–Trinajstić information content (AvgIpc) is 2.94. The molecule has 224 valence electrons. The van der Waals surface area contributed by atoms with Crippen molar-refractivity contribution in [2.75, 3.05) is 7.11 Å². The van der Waals surface area contributed by atoms with E-state index in [0.717, 1.165) is 5.56 Å². The van der Waals surface area contributed by atoms with Crippen LogP contribution >= 0.6 is 23.2 Å². The number of hydrogen-bond acceptors (Lipinski definition) is 4. The van der Waals surface area contributed by atoms with Gasteiger partial charge in [-0.15, -0.1) is 0 Å². The minimum absolute atomic E-state index is 0.0843. The van der Waals surface area contributed by atoms with E-state index < -0.39 is 47.7 Å². The number of hydrogen-bond donors (Lipinski definition) is 2. The van der Waals surface area contributed by atoms with Crippen molar-refractivity contribution in [1.29, 1.82) is 0 Å². The molecule has 0 radical (unpaired) electrons. The standard InChI is InChI=1S/C31H31Cl2F3N2O4/c1-18(2)27(28(39)31(34,35)36)38-30(41)26(17-20-5-4-6-23(33)15-20)37-29(40)25(21-9-11-22(32)12-10-21)16-19-7-13-24(42-3)14-8-19/h4-15,18,25-27H,16-17H2,1-3H3,(H,37,40)(H,38,41)/t25?,26-,27-/m0/s1. The normalized spacial score (nSPS) is 13.6. The summed E-state index contributed by atoms with van der Waals surface area (Å²) < 4.78 is 45.1. The van der Waals surface area contributed by atoms with E-state index in [-0.39, 0.29) is 12.8 Å². The summed E-state index contributed by atoms with van der Waals surface area (Å²) in [5.74, 6) is -4.56. The third-order valence-corrected chi connectivity index (χ3v) is 7.16. The van der Waals surface area contributed by atoms with Gasteiger partial charge in [0.25, 0.3) is 5.78 Å². The number of carbonyl (C=O) groups is 3. The fourth-order valence-corrected chi connectivity index (χ4v) is 4.74. The van der Waals surface area contributed by atoms with Crippen LogP contribution in [0, 0.1) is 5.92 Å². The maximum Gasteiger partial charge on any atom is 0.452 e. The Morgan fingerprint density at radius 1 is 0.810 bits per heavy atom. The highest BCUT2D eigenvalue weighted by Gasteiger charge is 2.45.